The fraction of sp³-hybridized carbons (Fsp3) is 0.333. The molecule has 0 spiro atoms. The van der Waals surface area contributed by atoms with E-state index in [1.165, 1.54) is 6.92 Å². The first-order valence-corrected chi connectivity index (χ1v) is 8.29. The molecule has 26 heavy (non-hydrogen) atoms. The molecule has 1 aromatic carbocycles. The summed E-state index contributed by atoms with van der Waals surface area (Å²) >= 11 is 0. The van der Waals surface area contributed by atoms with Gasteiger partial charge in [-0.05, 0) is 38.5 Å². The first-order chi connectivity index (χ1) is 12.4. The van der Waals surface area contributed by atoms with E-state index >= 15 is 0 Å². The van der Waals surface area contributed by atoms with Crippen LogP contribution in [0.1, 0.15) is 35.9 Å². The van der Waals surface area contributed by atoms with Crippen molar-refractivity contribution in [2.45, 2.75) is 32.8 Å². The molecular weight excluding hydrogens is 338 g/mol. The molecule has 1 saturated heterocycles. The monoisotopic (exact) mass is 357 g/mol. The Bertz CT molecular complexity index is 845. The molecule has 8 heteroatoms. The molecule has 136 valence electrons. The summed E-state index contributed by atoms with van der Waals surface area (Å²) in [5.41, 5.74) is 0.927. The zero-order valence-electron chi connectivity index (χ0n) is 14.5. The van der Waals surface area contributed by atoms with Crippen LogP contribution < -0.4 is 10.2 Å². The number of carbonyl (C=O) groups is 3. The highest BCUT2D eigenvalue weighted by Gasteiger charge is 2.24. The minimum absolute atomic E-state index is 0.0335. The van der Waals surface area contributed by atoms with Crippen molar-refractivity contribution in [2.75, 3.05) is 16.8 Å². The van der Waals surface area contributed by atoms with Gasteiger partial charge in [0, 0.05) is 24.7 Å². The van der Waals surface area contributed by atoms with Gasteiger partial charge in [0.2, 0.25) is 5.91 Å². The van der Waals surface area contributed by atoms with Gasteiger partial charge in [-0.3, -0.25) is 9.59 Å². The minimum Gasteiger partial charge on any atom is -0.449 e. The number of nitrogens with zero attached hydrogens (tertiary/aromatic N) is 2. The molecule has 0 radical (unpaired) electrons. The Balaban J connectivity index is 1.63. The third-order valence-corrected chi connectivity index (χ3v) is 4.00. The predicted molar refractivity (Wildman–Crippen MR) is 92.8 cm³/mol. The van der Waals surface area contributed by atoms with E-state index < -0.39 is 18.0 Å². The lowest BCUT2D eigenvalue weighted by molar-refractivity contribution is -0.123. The van der Waals surface area contributed by atoms with Crippen LogP contribution in [0.2, 0.25) is 0 Å². The van der Waals surface area contributed by atoms with Crippen molar-refractivity contribution in [1.29, 1.82) is 0 Å². The van der Waals surface area contributed by atoms with Gasteiger partial charge in [0.1, 0.15) is 5.76 Å². The number of amides is 2. The molecule has 2 amide bonds. The van der Waals surface area contributed by atoms with Crippen LogP contribution in [0.25, 0.3) is 0 Å². The quantitative estimate of drug-likeness (QED) is 0.824. The molecule has 1 aromatic heterocycles. The number of ether oxygens (including phenoxy) is 1. The van der Waals surface area contributed by atoms with Crippen LogP contribution in [0.15, 0.2) is 34.9 Å². The molecule has 1 fully saturated rings. The van der Waals surface area contributed by atoms with Gasteiger partial charge in [-0.15, -0.1) is 0 Å². The number of nitrogens with one attached hydrogen (secondary N) is 1. The van der Waals surface area contributed by atoms with E-state index in [1.54, 1.807) is 42.2 Å². The number of hydrogen-bond donors (Lipinski definition) is 1. The van der Waals surface area contributed by atoms with E-state index in [2.05, 4.69) is 10.5 Å². The van der Waals surface area contributed by atoms with Gasteiger partial charge in [-0.25, -0.2) is 4.79 Å². The minimum atomic E-state index is -1.02. The maximum absolute atomic E-state index is 12.3. The molecule has 0 saturated carbocycles. The topological polar surface area (TPSA) is 102 Å². The highest BCUT2D eigenvalue weighted by atomic mass is 16.5. The molecule has 0 aliphatic carbocycles. The maximum atomic E-state index is 12.3. The zero-order chi connectivity index (χ0) is 18.7. The number of benzene rings is 1. The number of anilines is 2. The van der Waals surface area contributed by atoms with Gasteiger partial charge in [-0.1, -0.05) is 11.2 Å². The van der Waals surface area contributed by atoms with Crippen molar-refractivity contribution in [3.05, 3.63) is 41.7 Å². The smallest absolute Gasteiger partial charge is 0.338 e. The largest absolute Gasteiger partial charge is 0.449 e. The number of hydrogen-bond acceptors (Lipinski definition) is 6. The van der Waals surface area contributed by atoms with Crippen LogP contribution in [0.3, 0.4) is 0 Å². The van der Waals surface area contributed by atoms with Crippen molar-refractivity contribution >= 4 is 29.3 Å². The van der Waals surface area contributed by atoms with Gasteiger partial charge >= 0.3 is 5.97 Å². The van der Waals surface area contributed by atoms with E-state index in [9.17, 15) is 14.4 Å². The van der Waals surface area contributed by atoms with Crippen molar-refractivity contribution in [1.82, 2.24) is 5.16 Å². The molecule has 0 bridgehead atoms. The predicted octanol–water partition coefficient (Wildman–Crippen LogP) is 2.29. The number of esters is 1. The van der Waals surface area contributed by atoms with Gasteiger partial charge < -0.3 is 19.5 Å². The second-order valence-electron chi connectivity index (χ2n) is 6.06. The number of carbonyl (C=O) groups excluding carboxylic acids is 3. The number of aryl methyl sites for hydroxylation is 1. The summed E-state index contributed by atoms with van der Waals surface area (Å²) in [5.74, 6) is -0.315. The summed E-state index contributed by atoms with van der Waals surface area (Å²) in [6.07, 6.45) is 0.288. The van der Waals surface area contributed by atoms with Crippen LogP contribution >= 0.6 is 0 Å². The molecule has 8 nitrogen and oxygen atoms in total. The summed E-state index contributed by atoms with van der Waals surface area (Å²) in [4.78, 5) is 37.9. The highest BCUT2D eigenvalue weighted by Crippen LogP contribution is 2.22. The lowest BCUT2D eigenvalue weighted by Gasteiger charge is -2.17. The average Bonchev–Trinajstić information content (AvgIpc) is 3.23. The first kappa shape index (κ1) is 17.7. The van der Waals surface area contributed by atoms with E-state index in [4.69, 9.17) is 9.26 Å². The van der Waals surface area contributed by atoms with Crippen molar-refractivity contribution in [2.24, 2.45) is 0 Å². The number of rotatable bonds is 5. The van der Waals surface area contributed by atoms with Gasteiger partial charge in [0.05, 0.1) is 5.56 Å². The second kappa shape index (κ2) is 7.38. The van der Waals surface area contributed by atoms with Crippen molar-refractivity contribution in [3.8, 4) is 0 Å². The Labute approximate surface area is 150 Å². The lowest BCUT2D eigenvalue weighted by Crippen LogP contribution is -2.30. The standard InChI is InChI=1S/C18H19N3O5/c1-11-9-15(20-26-11)19-17(23)12(2)25-18(24)13-5-3-6-14(10-13)21-8-4-7-16(21)22/h3,5-6,9-10,12H,4,7-8H2,1-2H3,(H,19,20,23). The summed E-state index contributed by atoms with van der Waals surface area (Å²) in [6.45, 7) is 3.80. The Morgan fingerprint density at radius 1 is 1.35 bits per heavy atom. The molecule has 2 aromatic rings. The third-order valence-electron chi connectivity index (χ3n) is 4.00. The van der Waals surface area contributed by atoms with Crippen LogP contribution in [0.5, 0.6) is 0 Å². The summed E-state index contributed by atoms with van der Waals surface area (Å²) in [7, 11) is 0. The molecule has 1 aliphatic rings. The fourth-order valence-electron chi connectivity index (χ4n) is 2.66. The SMILES string of the molecule is Cc1cc(NC(=O)C(C)OC(=O)c2cccc(N3CCCC3=O)c2)no1. The van der Waals surface area contributed by atoms with Crippen molar-refractivity contribution in [3.63, 3.8) is 0 Å². The second-order valence-corrected chi connectivity index (χ2v) is 6.06. The first-order valence-electron chi connectivity index (χ1n) is 8.29. The Kier molecular flexibility index (Phi) is 5.01. The van der Waals surface area contributed by atoms with Crippen LogP contribution in [-0.4, -0.2) is 35.6 Å². The Morgan fingerprint density at radius 3 is 2.81 bits per heavy atom. The molecule has 1 unspecified atom stereocenters. The fourth-order valence-corrected chi connectivity index (χ4v) is 2.66. The Hall–Kier alpha value is -3.16. The van der Waals surface area contributed by atoms with Crippen LogP contribution in [0.4, 0.5) is 11.5 Å². The molecular formula is C18H19N3O5. The Morgan fingerprint density at radius 2 is 2.15 bits per heavy atom. The van der Waals surface area contributed by atoms with Gasteiger partial charge in [-0.2, -0.15) is 0 Å². The maximum Gasteiger partial charge on any atom is 0.338 e. The lowest BCUT2D eigenvalue weighted by atomic mass is 10.2. The molecule has 3 rings (SSSR count). The zero-order valence-corrected chi connectivity index (χ0v) is 14.5. The van der Waals surface area contributed by atoms with E-state index in [0.29, 0.717) is 24.4 Å². The summed E-state index contributed by atoms with van der Waals surface area (Å²) < 4.78 is 10.1. The highest BCUT2D eigenvalue weighted by molar-refractivity contribution is 5.99. The molecule has 1 N–H and O–H groups in total. The average molecular weight is 357 g/mol. The number of aromatic nitrogens is 1. The van der Waals surface area contributed by atoms with E-state index in [-0.39, 0.29) is 17.3 Å². The third kappa shape index (κ3) is 3.90. The van der Waals surface area contributed by atoms with Crippen LogP contribution in [0, 0.1) is 6.92 Å². The summed E-state index contributed by atoms with van der Waals surface area (Å²) in [5, 5.41) is 6.16. The van der Waals surface area contributed by atoms with Crippen LogP contribution in [-0.2, 0) is 14.3 Å². The van der Waals surface area contributed by atoms with E-state index in [1.807, 2.05) is 0 Å². The van der Waals surface area contributed by atoms with E-state index in [0.717, 1.165) is 6.42 Å². The molecule has 1 aliphatic heterocycles. The van der Waals surface area contributed by atoms with Crippen molar-refractivity contribution < 1.29 is 23.6 Å². The van der Waals surface area contributed by atoms with Gasteiger partial charge in [0.25, 0.3) is 5.91 Å². The summed E-state index contributed by atoms with van der Waals surface area (Å²) in [6, 6.07) is 8.18. The molecule has 2 heterocycles. The molecule has 1 atom stereocenters. The van der Waals surface area contributed by atoms with Gasteiger partial charge in [0.15, 0.2) is 11.9 Å². The normalized spacial score (nSPS) is 15.0.